The summed E-state index contributed by atoms with van der Waals surface area (Å²) in [6.07, 6.45) is 0.247. The smallest absolute Gasteiger partial charge is 0.242 e. The minimum absolute atomic E-state index is 0.0157. The molecule has 3 rings (SSSR count). The predicted molar refractivity (Wildman–Crippen MR) is 106 cm³/mol. The van der Waals surface area contributed by atoms with E-state index in [1.54, 1.807) is 9.58 Å². The molecule has 1 fully saturated rings. The SMILES string of the molecule is Cc1cc(C)n(CCC(=O)N2CC(=O)N(CCc3ccccc3)CC(O)C2)n1. The van der Waals surface area contributed by atoms with Crippen LogP contribution in [0.4, 0.5) is 0 Å². The molecule has 2 aromatic rings. The Labute approximate surface area is 165 Å². The summed E-state index contributed by atoms with van der Waals surface area (Å²) in [6.45, 7) is 5.33. The molecule has 2 heterocycles. The molecule has 1 atom stereocenters. The second-order valence-electron chi connectivity index (χ2n) is 7.40. The lowest BCUT2D eigenvalue weighted by atomic mass is 10.1. The normalized spacial score (nSPS) is 17.7. The minimum atomic E-state index is -0.736. The van der Waals surface area contributed by atoms with E-state index in [9.17, 15) is 14.7 Å². The molecule has 1 aromatic carbocycles. The number of benzene rings is 1. The summed E-state index contributed by atoms with van der Waals surface area (Å²) < 4.78 is 1.80. The van der Waals surface area contributed by atoms with Gasteiger partial charge < -0.3 is 14.9 Å². The number of hydrogen-bond donors (Lipinski definition) is 1. The van der Waals surface area contributed by atoms with Gasteiger partial charge in [0.2, 0.25) is 11.8 Å². The number of amides is 2. The molecule has 0 radical (unpaired) electrons. The molecule has 1 aliphatic heterocycles. The van der Waals surface area contributed by atoms with Gasteiger partial charge in [-0.05, 0) is 31.9 Å². The van der Waals surface area contributed by atoms with E-state index in [1.165, 1.54) is 4.90 Å². The second kappa shape index (κ2) is 9.01. The van der Waals surface area contributed by atoms with Crippen molar-refractivity contribution in [2.24, 2.45) is 0 Å². The van der Waals surface area contributed by atoms with Gasteiger partial charge in [-0.25, -0.2) is 0 Å². The highest BCUT2D eigenvalue weighted by Gasteiger charge is 2.29. The first-order chi connectivity index (χ1) is 13.4. The van der Waals surface area contributed by atoms with E-state index in [0.29, 0.717) is 13.1 Å². The van der Waals surface area contributed by atoms with Gasteiger partial charge in [0.05, 0.1) is 18.3 Å². The van der Waals surface area contributed by atoms with Crippen LogP contribution >= 0.6 is 0 Å². The van der Waals surface area contributed by atoms with Gasteiger partial charge in [-0.1, -0.05) is 30.3 Å². The molecule has 0 spiro atoms. The van der Waals surface area contributed by atoms with Gasteiger partial charge in [-0.15, -0.1) is 0 Å². The molecule has 7 nitrogen and oxygen atoms in total. The van der Waals surface area contributed by atoms with Crippen molar-refractivity contribution in [2.45, 2.75) is 39.3 Å². The third-order valence-corrected chi connectivity index (χ3v) is 5.05. The van der Waals surface area contributed by atoms with E-state index >= 15 is 0 Å². The largest absolute Gasteiger partial charge is 0.389 e. The fourth-order valence-electron chi connectivity index (χ4n) is 3.57. The quantitative estimate of drug-likeness (QED) is 0.811. The van der Waals surface area contributed by atoms with Crippen molar-refractivity contribution in [1.29, 1.82) is 0 Å². The second-order valence-corrected chi connectivity index (χ2v) is 7.40. The van der Waals surface area contributed by atoms with Gasteiger partial charge in [-0.3, -0.25) is 14.3 Å². The first-order valence-corrected chi connectivity index (χ1v) is 9.71. The Morgan fingerprint density at radius 1 is 1.18 bits per heavy atom. The number of aromatic nitrogens is 2. The van der Waals surface area contributed by atoms with Gasteiger partial charge in [0, 0.05) is 38.3 Å². The van der Waals surface area contributed by atoms with Crippen LogP contribution in [0.2, 0.25) is 0 Å². The van der Waals surface area contributed by atoms with Crippen LogP contribution in [0.3, 0.4) is 0 Å². The van der Waals surface area contributed by atoms with Crippen molar-refractivity contribution >= 4 is 11.8 Å². The standard InChI is InChI=1S/C21H28N4O3/c1-16-12-17(2)25(22-16)11-9-20(27)24-14-19(26)13-23(21(28)15-24)10-8-18-6-4-3-5-7-18/h3-7,12,19,26H,8-11,13-15H2,1-2H3. The number of aliphatic hydroxyl groups is 1. The van der Waals surface area contributed by atoms with Crippen molar-refractivity contribution in [1.82, 2.24) is 19.6 Å². The lowest BCUT2D eigenvalue weighted by molar-refractivity contribution is -0.138. The predicted octanol–water partition coefficient (Wildman–Crippen LogP) is 1.16. The maximum atomic E-state index is 12.6. The zero-order chi connectivity index (χ0) is 20.1. The topological polar surface area (TPSA) is 78.7 Å². The van der Waals surface area contributed by atoms with Gasteiger partial charge in [0.15, 0.2) is 0 Å². The summed E-state index contributed by atoms with van der Waals surface area (Å²) in [5, 5.41) is 14.7. The molecule has 0 bridgehead atoms. The van der Waals surface area contributed by atoms with Crippen LogP contribution < -0.4 is 0 Å². The average Bonchev–Trinajstić information content (AvgIpc) is 2.91. The summed E-state index contributed by atoms with van der Waals surface area (Å²) in [6, 6.07) is 11.9. The number of aryl methyl sites for hydroxylation is 3. The van der Waals surface area contributed by atoms with Crippen LogP contribution in [0.25, 0.3) is 0 Å². The van der Waals surface area contributed by atoms with Crippen LogP contribution in [-0.2, 0) is 22.6 Å². The molecule has 0 aliphatic carbocycles. The molecular formula is C21H28N4O3. The molecule has 1 aromatic heterocycles. The molecule has 150 valence electrons. The Morgan fingerprint density at radius 3 is 2.61 bits per heavy atom. The number of β-amino-alcohol motifs (C(OH)–C–C–N with tert-alkyl or cyclic N) is 1. The Bertz CT molecular complexity index is 818. The van der Waals surface area contributed by atoms with Gasteiger partial charge in [0.25, 0.3) is 0 Å². The van der Waals surface area contributed by atoms with Crippen molar-refractivity contribution in [2.75, 3.05) is 26.2 Å². The summed E-state index contributed by atoms with van der Waals surface area (Å²) in [4.78, 5) is 28.4. The van der Waals surface area contributed by atoms with Crippen LogP contribution in [-0.4, -0.2) is 68.8 Å². The number of rotatable bonds is 6. The van der Waals surface area contributed by atoms with E-state index in [4.69, 9.17) is 0 Å². The lowest BCUT2D eigenvalue weighted by Gasteiger charge is -2.22. The zero-order valence-electron chi connectivity index (χ0n) is 16.5. The van der Waals surface area contributed by atoms with Crippen molar-refractivity contribution in [3.63, 3.8) is 0 Å². The third kappa shape index (κ3) is 5.19. The first-order valence-electron chi connectivity index (χ1n) is 9.71. The Kier molecular flexibility index (Phi) is 6.46. The molecule has 28 heavy (non-hydrogen) atoms. The van der Waals surface area contributed by atoms with E-state index < -0.39 is 6.10 Å². The Morgan fingerprint density at radius 2 is 1.93 bits per heavy atom. The Balaban J connectivity index is 1.56. The molecule has 7 heteroatoms. The summed E-state index contributed by atoms with van der Waals surface area (Å²) in [5.41, 5.74) is 3.07. The third-order valence-electron chi connectivity index (χ3n) is 5.05. The number of hydrogen-bond acceptors (Lipinski definition) is 4. The highest BCUT2D eigenvalue weighted by molar-refractivity contribution is 5.85. The highest BCUT2D eigenvalue weighted by atomic mass is 16.3. The fourth-order valence-corrected chi connectivity index (χ4v) is 3.57. The van der Waals surface area contributed by atoms with E-state index in [-0.39, 0.29) is 37.9 Å². The number of carbonyl (C=O) groups excluding carboxylic acids is 2. The van der Waals surface area contributed by atoms with Gasteiger partial charge in [0.1, 0.15) is 0 Å². The summed E-state index contributed by atoms with van der Waals surface area (Å²) >= 11 is 0. The summed E-state index contributed by atoms with van der Waals surface area (Å²) in [5.74, 6) is -0.253. The van der Waals surface area contributed by atoms with E-state index in [2.05, 4.69) is 5.10 Å². The zero-order valence-corrected chi connectivity index (χ0v) is 16.5. The van der Waals surface area contributed by atoms with Crippen LogP contribution in [0, 0.1) is 13.8 Å². The van der Waals surface area contributed by atoms with E-state index in [1.807, 2.05) is 50.2 Å². The fraction of sp³-hybridized carbons (Fsp3) is 0.476. The van der Waals surface area contributed by atoms with Gasteiger partial charge >= 0.3 is 0 Å². The number of aliphatic hydroxyl groups excluding tert-OH is 1. The maximum absolute atomic E-state index is 12.6. The average molecular weight is 384 g/mol. The van der Waals surface area contributed by atoms with Gasteiger partial charge in [-0.2, -0.15) is 5.10 Å². The van der Waals surface area contributed by atoms with Crippen molar-refractivity contribution < 1.29 is 14.7 Å². The molecular weight excluding hydrogens is 356 g/mol. The van der Waals surface area contributed by atoms with Crippen LogP contribution in [0.15, 0.2) is 36.4 Å². The molecule has 1 unspecified atom stereocenters. The van der Waals surface area contributed by atoms with E-state index in [0.717, 1.165) is 23.4 Å². The Hall–Kier alpha value is -2.67. The van der Waals surface area contributed by atoms with Crippen LogP contribution in [0.1, 0.15) is 23.4 Å². The first kappa shape index (κ1) is 20.1. The highest BCUT2D eigenvalue weighted by Crippen LogP contribution is 2.10. The van der Waals surface area contributed by atoms with Crippen molar-refractivity contribution in [3.8, 4) is 0 Å². The molecule has 1 aliphatic rings. The molecule has 1 saturated heterocycles. The summed E-state index contributed by atoms with van der Waals surface area (Å²) in [7, 11) is 0. The molecule has 0 saturated carbocycles. The molecule has 2 amide bonds. The number of carbonyl (C=O) groups is 2. The van der Waals surface area contributed by atoms with Crippen molar-refractivity contribution in [3.05, 3.63) is 53.3 Å². The lowest BCUT2D eigenvalue weighted by Crippen LogP contribution is -2.40. The molecule has 1 N–H and O–H groups in total. The minimum Gasteiger partial charge on any atom is -0.389 e. The monoisotopic (exact) mass is 384 g/mol. The number of nitrogens with zero attached hydrogens (tertiary/aromatic N) is 4. The maximum Gasteiger partial charge on any atom is 0.242 e. The van der Waals surface area contributed by atoms with Crippen LogP contribution in [0.5, 0.6) is 0 Å².